The molecule has 1 aromatic rings. The van der Waals surface area contributed by atoms with Crippen LogP contribution in [0.4, 0.5) is 0 Å². The van der Waals surface area contributed by atoms with Gasteiger partial charge in [-0.15, -0.1) is 0 Å². The third kappa shape index (κ3) is 4.37. The van der Waals surface area contributed by atoms with Crippen LogP contribution in [0.3, 0.4) is 0 Å². The molecule has 4 nitrogen and oxygen atoms in total. The van der Waals surface area contributed by atoms with E-state index >= 15 is 0 Å². The number of aliphatic hydroxyl groups excluding tert-OH is 1. The Morgan fingerprint density at radius 1 is 1.33 bits per heavy atom. The van der Waals surface area contributed by atoms with Crippen LogP contribution in [0.15, 0.2) is 24.3 Å². The molecule has 0 bridgehead atoms. The first-order valence-corrected chi connectivity index (χ1v) is 6.19. The van der Waals surface area contributed by atoms with Gasteiger partial charge in [-0.2, -0.15) is 0 Å². The van der Waals surface area contributed by atoms with Gasteiger partial charge in [0.2, 0.25) is 0 Å². The molecule has 0 atom stereocenters. The molecule has 1 rings (SSSR count). The van der Waals surface area contributed by atoms with Crippen molar-refractivity contribution in [1.82, 2.24) is 4.90 Å². The lowest BCUT2D eigenvalue weighted by atomic mass is 10.1. The number of nitrogens with zero attached hydrogens (tertiary/aromatic N) is 1. The number of ether oxygens (including phenoxy) is 1. The number of benzene rings is 1. The zero-order valence-electron chi connectivity index (χ0n) is 11.1. The maximum absolute atomic E-state index is 12.1. The number of unbranched alkanes of at least 4 members (excludes halogenated alkanes) is 2. The van der Waals surface area contributed by atoms with E-state index in [2.05, 4.69) is 0 Å². The Hall–Kier alpha value is -1.55. The van der Waals surface area contributed by atoms with Crippen molar-refractivity contribution in [2.45, 2.75) is 19.3 Å². The highest BCUT2D eigenvalue weighted by molar-refractivity contribution is 5.94. The van der Waals surface area contributed by atoms with Crippen molar-refractivity contribution in [3.05, 3.63) is 29.8 Å². The summed E-state index contributed by atoms with van der Waals surface area (Å²) in [7, 11) is 3.38. The second-order valence-corrected chi connectivity index (χ2v) is 4.24. The first kappa shape index (κ1) is 14.5. The van der Waals surface area contributed by atoms with Crippen molar-refractivity contribution in [1.29, 1.82) is 0 Å². The lowest BCUT2D eigenvalue weighted by Crippen LogP contribution is -2.27. The zero-order valence-corrected chi connectivity index (χ0v) is 11.1. The highest BCUT2D eigenvalue weighted by Crippen LogP contribution is 2.14. The van der Waals surface area contributed by atoms with Crippen LogP contribution < -0.4 is 4.74 Å². The average molecular weight is 251 g/mol. The van der Waals surface area contributed by atoms with E-state index in [1.807, 2.05) is 12.1 Å². The summed E-state index contributed by atoms with van der Waals surface area (Å²) >= 11 is 0. The molecular formula is C14H21NO3. The second-order valence-electron chi connectivity index (χ2n) is 4.24. The smallest absolute Gasteiger partial charge is 0.253 e. The van der Waals surface area contributed by atoms with Gasteiger partial charge in [0.15, 0.2) is 0 Å². The molecule has 0 fully saturated rings. The molecule has 18 heavy (non-hydrogen) atoms. The van der Waals surface area contributed by atoms with Crippen molar-refractivity contribution < 1.29 is 14.6 Å². The molecule has 0 heterocycles. The zero-order chi connectivity index (χ0) is 13.4. The van der Waals surface area contributed by atoms with Crippen molar-refractivity contribution in [3.63, 3.8) is 0 Å². The van der Waals surface area contributed by atoms with Crippen LogP contribution in [-0.2, 0) is 0 Å². The van der Waals surface area contributed by atoms with Gasteiger partial charge >= 0.3 is 0 Å². The van der Waals surface area contributed by atoms with E-state index in [0.717, 1.165) is 19.3 Å². The predicted octanol–water partition coefficient (Wildman–Crippen LogP) is 1.93. The Morgan fingerprint density at radius 3 is 2.78 bits per heavy atom. The molecule has 0 aliphatic carbocycles. The number of amides is 1. The maximum atomic E-state index is 12.1. The number of hydrogen-bond acceptors (Lipinski definition) is 3. The first-order valence-electron chi connectivity index (χ1n) is 6.19. The standard InChI is InChI=1S/C14H21NO3/c1-15(9-4-3-5-10-16)14(17)12-7-6-8-13(11-12)18-2/h6-8,11,16H,3-5,9-10H2,1-2H3. The summed E-state index contributed by atoms with van der Waals surface area (Å²) in [6.07, 6.45) is 2.64. The molecule has 0 aliphatic heterocycles. The van der Waals surface area contributed by atoms with Crippen LogP contribution in [0.1, 0.15) is 29.6 Å². The summed E-state index contributed by atoms with van der Waals surface area (Å²) in [6.45, 7) is 0.920. The molecule has 0 unspecified atom stereocenters. The van der Waals surface area contributed by atoms with Gasteiger partial charge in [-0.1, -0.05) is 6.07 Å². The average Bonchev–Trinajstić information content (AvgIpc) is 2.42. The number of methoxy groups -OCH3 is 1. The van der Waals surface area contributed by atoms with Crippen LogP contribution in [0.5, 0.6) is 5.75 Å². The van der Waals surface area contributed by atoms with Crippen LogP contribution in [-0.4, -0.2) is 43.2 Å². The van der Waals surface area contributed by atoms with Crippen molar-refractivity contribution >= 4 is 5.91 Å². The summed E-state index contributed by atoms with van der Waals surface area (Å²) in [5.41, 5.74) is 0.638. The fourth-order valence-electron chi connectivity index (χ4n) is 1.72. The lowest BCUT2D eigenvalue weighted by molar-refractivity contribution is 0.0792. The monoisotopic (exact) mass is 251 g/mol. The Labute approximate surface area is 108 Å². The fraction of sp³-hybridized carbons (Fsp3) is 0.500. The van der Waals surface area contributed by atoms with Gasteiger partial charge in [0.05, 0.1) is 7.11 Å². The van der Waals surface area contributed by atoms with E-state index in [1.54, 1.807) is 31.2 Å². The van der Waals surface area contributed by atoms with Gasteiger partial charge in [0.25, 0.3) is 5.91 Å². The molecule has 1 N–H and O–H groups in total. The largest absolute Gasteiger partial charge is 0.497 e. The lowest BCUT2D eigenvalue weighted by Gasteiger charge is -2.17. The van der Waals surface area contributed by atoms with Crippen LogP contribution in [0.2, 0.25) is 0 Å². The Balaban J connectivity index is 2.51. The summed E-state index contributed by atoms with van der Waals surface area (Å²) in [5, 5.41) is 8.68. The molecule has 0 aromatic heterocycles. The molecule has 0 saturated heterocycles. The van der Waals surface area contributed by atoms with Crippen molar-refractivity contribution in [3.8, 4) is 5.75 Å². The second kappa shape index (κ2) is 7.71. The van der Waals surface area contributed by atoms with E-state index in [1.165, 1.54) is 0 Å². The molecule has 0 spiro atoms. The number of carbonyl (C=O) groups excluding carboxylic acids is 1. The van der Waals surface area contributed by atoms with Gasteiger partial charge in [-0.05, 0) is 37.5 Å². The Morgan fingerprint density at radius 2 is 2.11 bits per heavy atom. The van der Waals surface area contributed by atoms with Gasteiger partial charge in [0.1, 0.15) is 5.75 Å². The number of carbonyl (C=O) groups is 1. The van der Waals surface area contributed by atoms with E-state index in [-0.39, 0.29) is 12.5 Å². The summed E-state index contributed by atoms with van der Waals surface area (Å²) in [5.74, 6) is 0.687. The number of hydrogen-bond donors (Lipinski definition) is 1. The van der Waals surface area contributed by atoms with Crippen LogP contribution in [0, 0.1) is 0 Å². The summed E-state index contributed by atoms with van der Waals surface area (Å²) in [4.78, 5) is 13.8. The van der Waals surface area contributed by atoms with Gasteiger partial charge < -0.3 is 14.7 Å². The SMILES string of the molecule is COc1cccc(C(=O)N(C)CCCCCO)c1. The number of aliphatic hydroxyl groups is 1. The van der Waals surface area contributed by atoms with Crippen molar-refractivity contribution in [2.75, 3.05) is 27.3 Å². The summed E-state index contributed by atoms with van der Waals surface area (Å²) in [6, 6.07) is 7.16. The van der Waals surface area contributed by atoms with E-state index in [0.29, 0.717) is 17.9 Å². The third-order valence-electron chi connectivity index (χ3n) is 2.82. The van der Waals surface area contributed by atoms with Crippen molar-refractivity contribution in [2.24, 2.45) is 0 Å². The van der Waals surface area contributed by atoms with Crippen LogP contribution >= 0.6 is 0 Å². The van der Waals surface area contributed by atoms with Crippen LogP contribution in [0.25, 0.3) is 0 Å². The minimum atomic E-state index is -0.00195. The molecule has 1 amide bonds. The van der Waals surface area contributed by atoms with E-state index < -0.39 is 0 Å². The molecule has 1 aromatic carbocycles. The molecule has 0 saturated carbocycles. The van der Waals surface area contributed by atoms with E-state index in [4.69, 9.17) is 9.84 Å². The normalized spacial score (nSPS) is 10.2. The minimum Gasteiger partial charge on any atom is -0.497 e. The molecule has 100 valence electrons. The number of rotatable bonds is 7. The third-order valence-corrected chi connectivity index (χ3v) is 2.82. The molecule has 0 radical (unpaired) electrons. The fourth-order valence-corrected chi connectivity index (χ4v) is 1.72. The van der Waals surface area contributed by atoms with Gasteiger partial charge in [0, 0.05) is 25.8 Å². The predicted molar refractivity (Wildman–Crippen MR) is 70.9 cm³/mol. The molecule has 4 heteroatoms. The maximum Gasteiger partial charge on any atom is 0.253 e. The quantitative estimate of drug-likeness (QED) is 0.753. The molecular weight excluding hydrogens is 230 g/mol. The highest BCUT2D eigenvalue weighted by Gasteiger charge is 2.11. The highest BCUT2D eigenvalue weighted by atomic mass is 16.5. The first-order chi connectivity index (χ1) is 8.69. The van der Waals surface area contributed by atoms with Gasteiger partial charge in [-0.3, -0.25) is 4.79 Å². The summed E-state index contributed by atoms with van der Waals surface area (Å²) < 4.78 is 5.10. The molecule has 0 aliphatic rings. The van der Waals surface area contributed by atoms with E-state index in [9.17, 15) is 4.79 Å². The topological polar surface area (TPSA) is 49.8 Å². The minimum absolute atomic E-state index is 0.00195. The Bertz CT molecular complexity index is 379. The van der Waals surface area contributed by atoms with Gasteiger partial charge in [-0.25, -0.2) is 0 Å². The Kier molecular flexibility index (Phi) is 6.22.